The van der Waals surface area contributed by atoms with Crippen molar-refractivity contribution in [3.63, 3.8) is 0 Å². The summed E-state index contributed by atoms with van der Waals surface area (Å²) in [4.78, 5) is 31.6. The summed E-state index contributed by atoms with van der Waals surface area (Å²) >= 11 is 3.63. The van der Waals surface area contributed by atoms with E-state index in [4.69, 9.17) is 34.3 Å². The minimum Gasteiger partial charge on any atom is -0.455 e. The van der Waals surface area contributed by atoms with Crippen molar-refractivity contribution in [2.45, 2.75) is 0 Å². The van der Waals surface area contributed by atoms with Crippen LogP contribution >= 0.6 is 22.7 Å². The monoisotopic (exact) mass is 1630 g/mol. The molecule has 125 heavy (non-hydrogen) atoms. The molecule has 0 spiro atoms. The molecular weight excluding hydrogens is 1560 g/mol. The third-order valence-corrected chi connectivity index (χ3v) is 26.2. The van der Waals surface area contributed by atoms with E-state index in [0.29, 0.717) is 11.6 Å². The van der Waals surface area contributed by atoms with Gasteiger partial charge in [0.15, 0.2) is 11.6 Å². The summed E-state index contributed by atoms with van der Waals surface area (Å²) in [5.74, 6) is 1.38. The summed E-state index contributed by atoms with van der Waals surface area (Å²) in [5.41, 5.74) is 31.1. The van der Waals surface area contributed by atoms with E-state index in [1.807, 2.05) is 83.3 Å². The molecule has 0 saturated carbocycles. The summed E-state index contributed by atoms with van der Waals surface area (Å²) in [5, 5.41) is 9.56. The molecule has 0 fully saturated rings. The van der Waals surface area contributed by atoms with E-state index in [2.05, 4.69) is 376 Å². The van der Waals surface area contributed by atoms with Gasteiger partial charge in [0, 0.05) is 114 Å². The lowest BCUT2D eigenvalue weighted by Gasteiger charge is -2.13. The van der Waals surface area contributed by atoms with Crippen molar-refractivity contribution in [3.05, 3.63) is 437 Å². The molecule has 24 aromatic rings. The third-order valence-electron chi connectivity index (χ3n) is 23.9. The maximum atomic E-state index is 6.55. The second kappa shape index (κ2) is 31.8. The highest BCUT2D eigenvalue weighted by Crippen LogP contribution is 2.49. The fourth-order valence-corrected chi connectivity index (χ4v) is 20.1. The number of hydrogen-bond acceptors (Lipinski definition) is 9. The minimum absolute atomic E-state index is 0.679. The van der Waals surface area contributed by atoms with Crippen LogP contribution < -0.4 is 0 Å². The van der Waals surface area contributed by atoms with E-state index in [1.54, 1.807) is 0 Å². The van der Waals surface area contributed by atoms with E-state index in [-0.39, 0.29) is 0 Å². The SMILES string of the molecule is c1ccc(-c2cc(-c3ccccc3)nc(-c3ccc(-c4ccc(-c5nc6c(-c7cccc8c7oc7ccccc78)cccc6c6c5sc5ccccc56)cc4)cc3)n2)cc1.c1ccc(-c2ccc(-c3cc(-c4ccc(-c5ccccc5)cc4)nc(-c4ccc(-c5cccc(-c6nc7c(-c8ccccc8)cccc7c7c6sc6ccccc67)c5)cc4)n3)cc2)cc1. The molecule has 0 bridgehead atoms. The highest BCUT2D eigenvalue weighted by atomic mass is 32.1. The van der Waals surface area contributed by atoms with E-state index in [1.165, 1.54) is 68.0 Å². The van der Waals surface area contributed by atoms with Gasteiger partial charge in [0.25, 0.3) is 0 Å². The van der Waals surface area contributed by atoms with Crippen molar-refractivity contribution in [3.8, 4) is 157 Å². The van der Waals surface area contributed by atoms with Crippen molar-refractivity contribution in [1.82, 2.24) is 29.9 Å². The van der Waals surface area contributed by atoms with Crippen molar-refractivity contribution in [2.24, 2.45) is 0 Å². The standard InChI is InChI=1S/C61H39N3S.C55H33N3OS/c1-4-14-40(15-5-1)42-26-32-46(33-27-42)54-39-55(47-34-28-43(29-35-47)41-16-6-2-7-17-41)63-61(62-54)48-36-30-44(31-37-48)49-20-12-21-50(38-49)58-60-57(52-22-10-11-25-56(52)65-60)53-24-13-23-51(59(53)64-58)45-18-8-3-9-19-45;1-3-13-36(14-4-1)46-33-47(37-15-5-2-6-16-37)57-55(56-46)39-31-27-35(28-32-39)34-25-29-38(30-26-34)51-54-50(44-18-8-10-24-49(44)60-54)45-22-11-19-41(52(45)58-51)43-21-12-20-42-40-17-7-9-23-48(40)59-53(42)43/h1-39H;1-33H. The van der Waals surface area contributed by atoms with Crippen LogP contribution in [0.3, 0.4) is 0 Å². The predicted molar refractivity (Wildman–Crippen MR) is 524 cm³/mol. The van der Waals surface area contributed by atoms with Gasteiger partial charge in [-0.05, 0) is 86.5 Å². The average Bonchev–Trinajstić information content (AvgIpc) is 1.60. The number of rotatable bonds is 14. The van der Waals surface area contributed by atoms with E-state index >= 15 is 0 Å². The summed E-state index contributed by atoms with van der Waals surface area (Å²) in [6.45, 7) is 0. The molecule has 17 aromatic carbocycles. The maximum absolute atomic E-state index is 6.55. The molecule has 584 valence electrons. The molecule has 0 aliphatic rings. The van der Waals surface area contributed by atoms with Gasteiger partial charge in [-0.3, -0.25) is 0 Å². The lowest BCUT2D eigenvalue weighted by atomic mass is 9.96. The molecule has 0 N–H and O–H groups in total. The number of para-hydroxylation sites is 4. The Morgan fingerprint density at radius 2 is 0.488 bits per heavy atom. The number of furan rings is 1. The number of aromatic nitrogens is 6. The Kier molecular flexibility index (Phi) is 18.9. The zero-order valence-electron chi connectivity index (χ0n) is 67.5. The Hall–Kier alpha value is -16.0. The molecule has 0 unspecified atom stereocenters. The van der Waals surface area contributed by atoms with E-state index in [9.17, 15) is 0 Å². The van der Waals surface area contributed by atoms with Crippen molar-refractivity contribution in [2.75, 3.05) is 0 Å². The van der Waals surface area contributed by atoms with Gasteiger partial charge < -0.3 is 4.42 Å². The number of benzene rings is 17. The van der Waals surface area contributed by atoms with Gasteiger partial charge in [0.2, 0.25) is 0 Å². The molecule has 0 radical (unpaired) electrons. The molecule has 0 saturated heterocycles. The van der Waals surface area contributed by atoms with Crippen LogP contribution in [0.2, 0.25) is 0 Å². The van der Waals surface area contributed by atoms with Crippen LogP contribution in [0, 0.1) is 0 Å². The molecule has 0 aliphatic carbocycles. The van der Waals surface area contributed by atoms with Crippen molar-refractivity contribution < 1.29 is 4.42 Å². The number of pyridine rings is 2. The van der Waals surface area contributed by atoms with Gasteiger partial charge in [-0.15, -0.1) is 22.7 Å². The third kappa shape index (κ3) is 13.9. The Morgan fingerprint density at radius 3 is 0.960 bits per heavy atom. The average molecular weight is 1630 g/mol. The van der Waals surface area contributed by atoms with Crippen LogP contribution in [0.5, 0.6) is 0 Å². The first-order valence-electron chi connectivity index (χ1n) is 42.0. The lowest BCUT2D eigenvalue weighted by Crippen LogP contribution is -1.96. The van der Waals surface area contributed by atoms with Gasteiger partial charge in [-0.1, -0.05) is 400 Å². The summed E-state index contributed by atoms with van der Waals surface area (Å²) in [6.07, 6.45) is 0. The first kappa shape index (κ1) is 74.0. The van der Waals surface area contributed by atoms with Crippen LogP contribution in [0.25, 0.3) is 241 Å². The molecule has 7 aromatic heterocycles. The van der Waals surface area contributed by atoms with Gasteiger partial charge in [-0.25, -0.2) is 29.9 Å². The number of thiophene rings is 2. The lowest BCUT2D eigenvalue weighted by molar-refractivity contribution is 0.670. The van der Waals surface area contributed by atoms with E-state index < -0.39 is 0 Å². The molecule has 0 aliphatic heterocycles. The highest BCUT2D eigenvalue weighted by molar-refractivity contribution is 7.27. The van der Waals surface area contributed by atoms with Crippen LogP contribution in [-0.2, 0) is 0 Å². The topological polar surface area (TPSA) is 90.5 Å². The fourth-order valence-electron chi connectivity index (χ4n) is 17.6. The van der Waals surface area contributed by atoms with Crippen LogP contribution in [0.4, 0.5) is 0 Å². The van der Waals surface area contributed by atoms with Gasteiger partial charge in [0.1, 0.15) is 11.2 Å². The Bertz CT molecular complexity index is 8050. The first-order valence-corrected chi connectivity index (χ1v) is 43.6. The molecule has 24 rings (SSSR count). The normalized spacial score (nSPS) is 11.5. The Morgan fingerprint density at radius 1 is 0.184 bits per heavy atom. The summed E-state index contributed by atoms with van der Waals surface area (Å²) in [7, 11) is 0. The molecule has 7 heterocycles. The maximum Gasteiger partial charge on any atom is 0.160 e. The minimum atomic E-state index is 0.679. The zero-order chi connectivity index (χ0) is 82.7. The summed E-state index contributed by atoms with van der Waals surface area (Å²) < 4.78 is 11.4. The second-order valence-electron chi connectivity index (χ2n) is 31.4. The fraction of sp³-hybridized carbons (Fsp3) is 0. The van der Waals surface area contributed by atoms with Crippen molar-refractivity contribution in [1.29, 1.82) is 0 Å². The largest absolute Gasteiger partial charge is 0.455 e. The zero-order valence-corrected chi connectivity index (χ0v) is 69.1. The molecule has 0 amide bonds. The number of nitrogens with zero attached hydrogens (tertiary/aromatic N) is 6. The van der Waals surface area contributed by atoms with Crippen LogP contribution in [-0.4, -0.2) is 29.9 Å². The van der Waals surface area contributed by atoms with Crippen LogP contribution in [0.1, 0.15) is 0 Å². The number of fused-ring (bicyclic) bond motifs is 13. The predicted octanol–water partition coefficient (Wildman–Crippen LogP) is 32.0. The molecule has 0 atom stereocenters. The number of hydrogen-bond donors (Lipinski definition) is 0. The highest BCUT2D eigenvalue weighted by Gasteiger charge is 2.24. The van der Waals surface area contributed by atoms with E-state index in [0.717, 1.165) is 162 Å². The van der Waals surface area contributed by atoms with Gasteiger partial charge in [0.05, 0.1) is 54.6 Å². The second-order valence-corrected chi connectivity index (χ2v) is 33.5. The Balaban J connectivity index is 0.000000144. The van der Waals surface area contributed by atoms with Crippen LogP contribution in [0.15, 0.2) is 441 Å². The quantitative estimate of drug-likeness (QED) is 0.107. The van der Waals surface area contributed by atoms with Gasteiger partial charge >= 0.3 is 0 Å². The molecule has 7 nitrogen and oxygen atoms in total. The van der Waals surface area contributed by atoms with Gasteiger partial charge in [-0.2, -0.15) is 0 Å². The van der Waals surface area contributed by atoms with Crippen molar-refractivity contribution >= 4 is 107 Å². The first-order chi connectivity index (χ1) is 61.9. The molecule has 9 heteroatoms. The smallest absolute Gasteiger partial charge is 0.160 e. The molecular formula is C116H72N6OS2. The summed E-state index contributed by atoms with van der Waals surface area (Å²) in [6, 6.07) is 154. The Labute approximate surface area is 729 Å².